The Kier molecular flexibility index (Phi) is 1.87. The van der Waals surface area contributed by atoms with Crippen molar-refractivity contribution in [2.75, 3.05) is 6.61 Å². The summed E-state index contributed by atoms with van der Waals surface area (Å²) in [7, 11) is 0. The van der Waals surface area contributed by atoms with Gasteiger partial charge in [-0.05, 0) is 6.92 Å². The van der Waals surface area contributed by atoms with Crippen molar-refractivity contribution in [2.24, 2.45) is 0 Å². The standard InChI is InChI=1S/C6H10O5/c1-6(10)4(8)3(2-7)11-5(6)9/h3-4,7-8,10H,2H2,1H3/t3?,4-,6+/m1/s1. The van der Waals surface area contributed by atoms with Gasteiger partial charge in [0.1, 0.15) is 6.10 Å². The Balaban J connectivity index is 2.80. The second-order valence-electron chi connectivity index (χ2n) is 2.72. The molecule has 0 bridgehead atoms. The van der Waals surface area contributed by atoms with Crippen LogP contribution >= 0.6 is 0 Å². The molecule has 3 atom stereocenters. The summed E-state index contributed by atoms with van der Waals surface area (Å²) < 4.78 is 4.45. The molecule has 0 spiro atoms. The van der Waals surface area contributed by atoms with E-state index in [1.54, 1.807) is 0 Å². The number of rotatable bonds is 1. The predicted octanol–water partition coefficient (Wildman–Crippen LogP) is -1.98. The minimum absolute atomic E-state index is 0.483. The van der Waals surface area contributed by atoms with E-state index in [1.807, 2.05) is 0 Å². The normalized spacial score (nSPS) is 44.2. The van der Waals surface area contributed by atoms with E-state index < -0.39 is 30.4 Å². The summed E-state index contributed by atoms with van der Waals surface area (Å²) in [5.41, 5.74) is -1.88. The Morgan fingerprint density at radius 2 is 2.27 bits per heavy atom. The van der Waals surface area contributed by atoms with Gasteiger partial charge in [-0.3, -0.25) is 0 Å². The number of aliphatic hydroxyl groups excluding tert-OH is 2. The van der Waals surface area contributed by atoms with Gasteiger partial charge < -0.3 is 20.1 Å². The first-order valence-electron chi connectivity index (χ1n) is 3.22. The van der Waals surface area contributed by atoms with E-state index >= 15 is 0 Å². The molecule has 64 valence electrons. The van der Waals surface area contributed by atoms with Crippen molar-refractivity contribution in [3.05, 3.63) is 0 Å². The summed E-state index contributed by atoms with van der Waals surface area (Å²) in [5, 5.41) is 26.9. The minimum Gasteiger partial charge on any atom is -0.455 e. The van der Waals surface area contributed by atoms with Crippen LogP contribution in [0.5, 0.6) is 0 Å². The van der Waals surface area contributed by atoms with Gasteiger partial charge in [0.05, 0.1) is 6.61 Å². The molecule has 1 heterocycles. The SMILES string of the molecule is C[C@@]1(O)C(=O)OC(CO)[C@H]1O. The Morgan fingerprint density at radius 1 is 1.73 bits per heavy atom. The van der Waals surface area contributed by atoms with Crippen molar-refractivity contribution >= 4 is 5.97 Å². The van der Waals surface area contributed by atoms with Gasteiger partial charge >= 0.3 is 5.97 Å². The van der Waals surface area contributed by atoms with Crippen molar-refractivity contribution < 1.29 is 24.9 Å². The quantitative estimate of drug-likeness (QED) is 0.389. The fraction of sp³-hybridized carbons (Fsp3) is 0.833. The Morgan fingerprint density at radius 3 is 2.45 bits per heavy atom. The van der Waals surface area contributed by atoms with E-state index in [2.05, 4.69) is 4.74 Å². The summed E-state index contributed by atoms with van der Waals surface area (Å²) in [6.07, 6.45) is -2.35. The van der Waals surface area contributed by atoms with Crippen LogP contribution in [0.4, 0.5) is 0 Å². The molecule has 1 saturated heterocycles. The zero-order valence-electron chi connectivity index (χ0n) is 6.02. The third kappa shape index (κ3) is 1.11. The van der Waals surface area contributed by atoms with E-state index in [4.69, 9.17) is 10.2 Å². The van der Waals surface area contributed by atoms with Crippen LogP contribution in [0.15, 0.2) is 0 Å². The number of aliphatic hydroxyl groups is 3. The summed E-state index contributed by atoms with van der Waals surface area (Å²) in [6.45, 7) is 0.665. The molecule has 1 unspecified atom stereocenters. The molecule has 1 fully saturated rings. The molecule has 0 saturated carbocycles. The maximum Gasteiger partial charge on any atom is 0.341 e. The highest BCUT2D eigenvalue weighted by molar-refractivity contribution is 5.82. The molecule has 0 aromatic carbocycles. The molecule has 0 radical (unpaired) electrons. The van der Waals surface area contributed by atoms with E-state index in [0.29, 0.717) is 0 Å². The number of esters is 1. The monoisotopic (exact) mass is 162 g/mol. The first-order valence-corrected chi connectivity index (χ1v) is 3.22. The van der Waals surface area contributed by atoms with Crippen LogP contribution < -0.4 is 0 Å². The zero-order valence-corrected chi connectivity index (χ0v) is 6.02. The van der Waals surface area contributed by atoms with E-state index in [9.17, 15) is 9.90 Å². The number of ether oxygens (including phenoxy) is 1. The van der Waals surface area contributed by atoms with Crippen LogP contribution in [0.1, 0.15) is 6.92 Å². The molecule has 5 nitrogen and oxygen atoms in total. The molecule has 1 aliphatic rings. The van der Waals surface area contributed by atoms with Gasteiger partial charge in [0.15, 0.2) is 11.7 Å². The highest BCUT2D eigenvalue weighted by Gasteiger charge is 2.52. The van der Waals surface area contributed by atoms with Crippen LogP contribution in [0, 0.1) is 0 Å². The Labute approximate surface area is 63.2 Å². The lowest BCUT2D eigenvalue weighted by atomic mass is 9.99. The van der Waals surface area contributed by atoms with Crippen molar-refractivity contribution in [2.45, 2.75) is 24.7 Å². The van der Waals surface area contributed by atoms with Crippen LogP contribution in [0.3, 0.4) is 0 Å². The average molecular weight is 162 g/mol. The summed E-state index contributed by atoms with van der Waals surface area (Å²) in [4.78, 5) is 10.7. The molecule has 11 heavy (non-hydrogen) atoms. The summed E-state index contributed by atoms with van der Waals surface area (Å²) in [6, 6.07) is 0. The van der Waals surface area contributed by atoms with E-state index in [-0.39, 0.29) is 0 Å². The lowest BCUT2D eigenvalue weighted by molar-refractivity contribution is -0.155. The fourth-order valence-electron chi connectivity index (χ4n) is 0.941. The van der Waals surface area contributed by atoms with Crippen LogP contribution in [0.25, 0.3) is 0 Å². The maximum absolute atomic E-state index is 10.7. The fourth-order valence-corrected chi connectivity index (χ4v) is 0.941. The van der Waals surface area contributed by atoms with E-state index in [1.165, 1.54) is 0 Å². The smallest absolute Gasteiger partial charge is 0.341 e. The third-order valence-electron chi connectivity index (χ3n) is 1.78. The van der Waals surface area contributed by atoms with Gasteiger partial charge in [0.2, 0.25) is 0 Å². The summed E-state index contributed by atoms with van der Waals surface area (Å²) in [5.74, 6) is -0.899. The van der Waals surface area contributed by atoms with Crippen molar-refractivity contribution in [3.8, 4) is 0 Å². The summed E-state index contributed by atoms with van der Waals surface area (Å²) >= 11 is 0. The van der Waals surface area contributed by atoms with Gasteiger partial charge in [0.25, 0.3) is 0 Å². The predicted molar refractivity (Wildman–Crippen MR) is 33.6 cm³/mol. The first-order chi connectivity index (χ1) is 5.00. The van der Waals surface area contributed by atoms with Crippen LogP contribution in [0.2, 0.25) is 0 Å². The second-order valence-corrected chi connectivity index (χ2v) is 2.72. The number of hydrogen-bond acceptors (Lipinski definition) is 5. The number of carbonyl (C=O) groups is 1. The topological polar surface area (TPSA) is 87.0 Å². The lowest BCUT2D eigenvalue weighted by Crippen LogP contribution is -2.43. The van der Waals surface area contributed by atoms with Gasteiger partial charge in [-0.25, -0.2) is 4.79 Å². The molecule has 0 aromatic heterocycles. The van der Waals surface area contributed by atoms with Crippen LogP contribution in [-0.2, 0) is 9.53 Å². The van der Waals surface area contributed by atoms with Gasteiger partial charge in [0, 0.05) is 0 Å². The molecular weight excluding hydrogens is 152 g/mol. The zero-order chi connectivity index (χ0) is 8.65. The lowest BCUT2D eigenvalue weighted by Gasteiger charge is -2.16. The number of hydrogen-bond donors (Lipinski definition) is 3. The minimum atomic E-state index is -1.88. The Bertz CT molecular complexity index is 176. The number of carbonyl (C=O) groups excluding carboxylic acids is 1. The van der Waals surface area contributed by atoms with Crippen molar-refractivity contribution in [3.63, 3.8) is 0 Å². The molecule has 3 N–H and O–H groups in total. The average Bonchev–Trinajstić information content (AvgIpc) is 2.14. The molecule has 0 aliphatic carbocycles. The molecule has 1 rings (SSSR count). The van der Waals surface area contributed by atoms with Crippen molar-refractivity contribution in [1.82, 2.24) is 0 Å². The van der Waals surface area contributed by atoms with Gasteiger partial charge in [-0.1, -0.05) is 0 Å². The first kappa shape index (κ1) is 8.45. The molecule has 0 aromatic rings. The highest BCUT2D eigenvalue weighted by atomic mass is 16.6. The number of cyclic esters (lactones) is 1. The second kappa shape index (κ2) is 2.44. The highest BCUT2D eigenvalue weighted by Crippen LogP contribution is 2.25. The van der Waals surface area contributed by atoms with Gasteiger partial charge in [-0.2, -0.15) is 0 Å². The largest absolute Gasteiger partial charge is 0.455 e. The molecule has 1 aliphatic heterocycles. The van der Waals surface area contributed by atoms with E-state index in [0.717, 1.165) is 6.92 Å². The molecular formula is C6H10O5. The molecule has 5 heteroatoms. The molecule has 0 amide bonds. The van der Waals surface area contributed by atoms with Crippen molar-refractivity contribution in [1.29, 1.82) is 0 Å². The van der Waals surface area contributed by atoms with Crippen LogP contribution in [-0.4, -0.2) is 45.7 Å². The third-order valence-corrected chi connectivity index (χ3v) is 1.78. The van der Waals surface area contributed by atoms with Gasteiger partial charge in [-0.15, -0.1) is 0 Å². The maximum atomic E-state index is 10.7. The Hall–Kier alpha value is -0.650.